The van der Waals surface area contributed by atoms with E-state index < -0.39 is 0 Å². The Morgan fingerprint density at radius 2 is 1.93 bits per heavy atom. The first-order valence-corrected chi connectivity index (χ1v) is 8.84. The van der Waals surface area contributed by atoms with Crippen LogP contribution < -0.4 is 15.4 Å². The highest BCUT2D eigenvalue weighted by atomic mass is 16.5. The second-order valence-electron chi connectivity index (χ2n) is 6.34. The monoisotopic (exact) mass is 366 g/mol. The van der Waals surface area contributed by atoms with E-state index in [1.54, 1.807) is 13.3 Å². The van der Waals surface area contributed by atoms with E-state index in [-0.39, 0.29) is 5.95 Å². The van der Waals surface area contributed by atoms with Crippen LogP contribution in [0.15, 0.2) is 42.7 Å². The summed E-state index contributed by atoms with van der Waals surface area (Å²) in [6, 6.07) is 9.90. The Balaban J connectivity index is 1.54. The third-order valence-electron chi connectivity index (χ3n) is 4.50. The van der Waals surface area contributed by atoms with Gasteiger partial charge in [0.25, 0.3) is 0 Å². The van der Waals surface area contributed by atoms with Crippen molar-refractivity contribution < 1.29 is 9.47 Å². The molecule has 140 valence electrons. The zero-order chi connectivity index (χ0) is 18.6. The molecule has 0 atom stereocenters. The molecule has 1 aliphatic rings. The molecule has 0 aliphatic carbocycles. The largest absolute Gasteiger partial charge is 0.497 e. The Labute approximate surface area is 157 Å². The zero-order valence-corrected chi connectivity index (χ0v) is 15.2. The first-order chi connectivity index (χ1) is 13.2. The van der Waals surface area contributed by atoms with Crippen molar-refractivity contribution in [1.82, 2.24) is 19.7 Å². The topological polar surface area (TPSA) is 91.3 Å². The lowest BCUT2D eigenvalue weighted by Crippen LogP contribution is -2.36. The summed E-state index contributed by atoms with van der Waals surface area (Å²) in [5, 5.41) is 4.45. The lowest BCUT2D eigenvalue weighted by molar-refractivity contribution is 0.122. The van der Waals surface area contributed by atoms with Crippen molar-refractivity contribution in [2.24, 2.45) is 0 Å². The maximum Gasteiger partial charge on any atom is 0.222 e. The molecule has 0 unspecified atom stereocenters. The minimum absolute atomic E-state index is 0.261. The summed E-state index contributed by atoms with van der Waals surface area (Å²) < 4.78 is 12.5. The number of rotatable bonds is 5. The summed E-state index contributed by atoms with van der Waals surface area (Å²) in [5.74, 6) is 1.92. The standard InChI is InChI=1S/C19H22N6O2/c1-26-16-4-2-14(3-5-16)12-25-13-15(11-21-25)17-10-18(23-19(20)22-17)24-6-8-27-9-7-24/h2-5,10-11,13H,6-9,12H2,1H3,(H2,20,22,23). The fourth-order valence-corrected chi connectivity index (χ4v) is 3.06. The van der Waals surface area contributed by atoms with Crippen LogP contribution in [0.1, 0.15) is 5.56 Å². The van der Waals surface area contributed by atoms with Gasteiger partial charge >= 0.3 is 0 Å². The Morgan fingerprint density at radius 1 is 1.15 bits per heavy atom. The van der Waals surface area contributed by atoms with Crippen LogP contribution in [0.25, 0.3) is 11.3 Å². The summed E-state index contributed by atoms with van der Waals surface area (Å²) >= 11 is 0. The number of hydrogen-bond donors (Lipinski definition) is 1. The van der Waals surface area contributed by atoms with Gasteiger partial charge in [-0.25, -0.2) is 4.98 Å². The molecule has 0 bridgehead atoms. The zero-order valence-electron chi connectivity index (χ0n) is 15.2. The van der Waals surface area contributed by atoms with Crippen LogP contribution in [0.5, 0.6) is 5.75 Å². The molecule has 3 heterocycles. The fraction of sp³-hybridized carbons (Fsp3) is 0.316. The van der Waals surface area contributed by atoms with Gasteiger partial charge in [-0.3, -0.25) is 4.68 Å². The van der Waals surface area contributed by atoms with Gasteiger partial charge in [0.1, 0.15) is 11.6 Å². The average molecular weight is 366 g/mol. The Kier molecular flexibility index (Phi) is 4.88. The molecule has 1 aliphatic heterocycles. The molecular formula is C19H22N6O2. The number of nitrogens with two attached hydrogens (primary N) is 1. The van der Waals surface area contributed by atoms with Gasteiger partial charge in [0, 0.05) is 30.9 Å². The first kappa shape index (κ1) is 17.3. The number of anilines is 2. The van der Waals surface area contributed by atoms with E-state index in [9.17, 15) is 0 Å². The summed E-state index contributed by atoms with van der Waals surface area (Å²) in [6.07, 6.45) is 3.77. The van der Waals surface area contributed by atoms with Crippen LogP contribution in [0.2, 0.25) is 0 Å². The number of ether oxygens (including phenoxy) is 2. The molecule has 3 aromatic rings. The fourth-order valence-electron chi connectivity index (χ4n) is 3.06. The number of aromatic nitrogens is 4. The highest BCUT2D eigenvalue weighted by molar-refractivity contribution is 5.63. The predicted molar refractivity (Wildman–Crippen MR) is 103 cm³/mol. The molecule has 1 fully saturated rings. The molecule has 27 heavy (non-hydrogen) atoms. The smallest absolute Gasteiger partial charge is 0.222 e. The maximum absolute atomic E-state index is 5.94. The van der Waals surface area contributed by atoms with Crippen LogP contribution in [-0.4, -0.2) is 53.2 Å². The molecule has 2 aromatic heterocycles. The van der Waals surface area contributed by atoms with Crippen molar-refractivity contribution in [3.8, 4) is 17.0 Å². The predicted octanol–water partition coefficient (Wildman–Crippen LogP) is 1.82. The summed E-state index contributed by atoms with van der Waals surface area (Å²) in [7, 11) is 1.66. The van der Waals surface area contributed by atoms with Gasteiger partial charge in [-0.2, -0.15) is 10.1 Å². The van der Waals surface area contributed by atoms with Crippen LogP contribution in [0.3, 0.4) is 0 Å². The van der Waals surface area contributed by atoms with E-state index in [0.717, 1.165) is 41.5 Å². The Morgan fingerprint density at radius 3 is 2.67 bits per heavy atom. The van der Waals surface area contributed by atoms with Crippen LogP contribution in [-0.2, 0) is 11.3 Å². The lowest BCUT2D eigenvalue weighted by Gasteiger charge is -2.28. The summed E-state index contributed by atoms with van der Waals surface area (Å²) in [5.41, 5.74) is 8.76. The molecule has 2 N–H and O–H groups in total. The van der Waals surface area contributed by atoms with Crippen molar-refractivity contribution in [2.45, 2.75) is 6.54 Å². The minimum Gasteiger partial charge on any atom is -0.497 e. The number of nitrogen functional groups attached to an aromatic ring is 1. The molecule has 0 saturated carbocycles. The van der Waals surface area contributed by atoms with Crippen molar-refractivity contribution in [1.29, 1.82) is 0 Å². The number of nitrogens with zero attached hydrogens (tertiary/aromatic N) is 5. The molecule has 4 rings (SSSR count). The quantitative estimate of drug-likeness (QED) is 0.736. The van der Waals surface area contributed by atoms with Crippen LogP contribution >= 0.6 is 0 Å². The highest BCUT2D eigenvalue weighted by Crippen LogP contribution is 2.23. The second-order valence-corrected chi connectivity index (χ2v) is 6.34. The van der Waals surface area contributed by atoms with E-state index >= 15 is 0 Å². The molecule has 1 aromatic carbocycles. The maximum atomic E-state index is 5.94. The SMILES string of the molecule is COc1ccc(Cn2cc(-c3cc(N4CCOCC4)nc(N)n3)cn2)cc1. The van der Waals surface area contributed by atoms with E-state index in [1.165, 1.54) is 0 Å². The molecule has 1 saturated heterocycles. The average Bonchev–Trinajstić information content (AvgIpc) is 3.17. The second kappa shape index (κ2) is 7.63. The van der Waals surface area contributed by atoms with Crippen molar-refractivity contribution in [3.05, 3.63) is 48.3 Å². The van der Waals surface area contributed by atoms with Gasteiger partial charge in [0.2, 0.25) is 5.95 Å². The first-order valence-electron chi connectivity index (χ1n) is 8.84. The van der Waals surface area contributed by atoms with E-state index in [2.05, 4.69) is 20.0 Å². The van der Waals surface area contributed by atoms with Crippen molar-refractivity contribution >= 4 is 11.8 Å². The van der Waals surface area contributed by atoms with Gasteiger partial charge in [0.15, 0.2) is 0 Å². The van der Waals surface area contributed by atoms with Gasteiger partial charge in [-0.1, -0.05) is 12.1 Å². The minimum atomic E-state index is 0.261. The lowest BCUT2D eigenvalue weighted by atomic mass is 10.2. The van der Waals surface area contributed by atoms with Crippen LogP contribution in [0.4, 0.5) is 11.8 Å². The number of hydrogen-bond acceptors (Lipinski definition) is 7. The number of methoxy groups -OCH3 is 1. The molecule has 0 spiro atoms. The third-order valence-corrected chi connectivity index (χ3v) is 4.50. The van der Waals surface area contributed by atoms with E-state index in [0.29, 0.717) is 19.8 Å². The van der Waals surface area contributed by atoms with Gasteiger partial charge in [-0.15, -0.1) is 0 Å². The van der Waals surface area contributed by atoms with E-state index in [4.69, 9.17) is 15.2 Å². The van der Waals surface area contributed by atoms with Gasteiger partial charge in [0.05, 0.1) is 38.8 Å². The van der Waals surface area contributed by atoms with Crippen LogP contribution in [0, 0.1) is 0 Å². The molecule has 0 amide bonds. The van der Waals surface area contributed by atoms with Crippen molar-refractivity contribution in [3.63, 3.8) is 0 Å². The number of benzene rings is 1. The van der Waals surface area contributed by atoms with Gasteiger partial charge < -0.3 is 20.1 Å². The highest BCUT2D eigenvalue weighted by Gasteiger charge is 2.15. The third kappa shape index (κ3) is 4.01. The summed E-state index contributed by atoms with van der Waals surface area (Å²) in [6.45, 7) is 3.65. The normalized spacial score (nSPS) is 14.3. The van der Waals surface area contributed by atoms with Crippen molar-refractivity contribution in [2.75, 3.05) is 44.0 Å². The van der Waals surface area contributed by atoms with E-state index in [1.807, 2.05) is 41.2 Å². The molecule has 8 heteroatoms. The molecule has 0 radical (unpaired) electrons. The summed E-state index contributed by atoms with van der Waals surface area (Å²) in [4.78, 5) is 10.9. The Bertz CT molecular complexity index is 903. The molecule has 8 nitrogen and oxygen atoms in total. The van der Waals surface area contributed by atoms with Gasteiger partial charge in [-0.05, 0) is 17.7 Å². The number of morpholine rings is 1. The molecular weight excluding hydrogens is 344 g/mol. The Hall–Kier alpha value is -3.13.